The zero-order valence-electron chi connectivity index (χ0n) is 43.2. The number of esters is 2. The van der Waals surface area contributed by atoms with Gasteiger partial charge in [-0.1, -0.05) is 157 Å². The van der Waals surface area contributed by atoms with Gasteiger partial charge >= 0.3 is 11.9 Å². The molecule has 4 unspecified atom stereocenters. The predicted molar refractivity (Wildman–Crippen MR) is 275 cm³/mol. The van der Waals surface area contributed by atoms with Crippen molar-refractivity contribution in [1.29, 1.82) is 0 Å². The van der Waals surface area contributed by atoms with Gasteiger partial charge in [0.25, 0.3) is 0 Å². The minimum Gasteiger partial charge on any atom is -0.462 e. The van der Waals surface area contributed by atoms with Crippen molar-refractivity contribution >= 4 is 11.9 Å². The summed E-state index contributed by atoms with van der Waals surface area (Å²) in [5, 5.41) is 72.1. The van der Waals surface area contributed by atoms with Crippen LogP contribution in [0.4, 0.5) is 0 Å². The van der Waals surface area contributed by atoms with E-state index in [1.807, 2.05) is 6.08 Å². The first kappa shape index (κ1) is 64.1. The number of hydrogen-bond acceptors (Lipinski definition) is 15. The Morgan fingerprint density at radius 3 is 1.41 bits per heavy atom. The Labute approximate surface area is 425 Å². The highest BCUT2D eigenvalue weighted by Crippen LogP contribution is 2.26. The van der Waals surface area contributed by atoms with Crippen molar-refractivity contribution in [3.05, 3.63) is 72.9 Å². The molecule has 0 bridgehead atoms. The first-order valence-corrected chi connectivity index (χ1v) is 27.0. The second-order valence-electron chi connectivity index (χ2n) is 18.7. The van der Waals surface area contributed by atoms with Gasteiger partial charge in [-0.3, -0.25) is 9.59 Å². The van der Waals surface area contributed by atoms with E-state index < -0.39 is 99.3 Å². The lowest BCUT2D eigenvalue weighted by Crippen LogP contribution is -2.61. The molecule has 0 aliphatic carbocycles. The Hall–Kier alpha value is -3.06. The highest BCUT2D eigenvalue weighted by molar-refractivity contribution is 5.70. The molecule has 0 aromatic heterocycles. The van der Waals surface area contributed by atoms with E-state index in [9.17, 15) is 45.3 Å². The Morgan fingerprint density at radius 1 is 0.451 bits per heavy atom. The van der Waals surface area contributed by atoms with Crippen LogP contribution in [0.25, 0.3) is 0 Å². The summed E-state index contributed by atoms with van der Waals surface area (Å²) >= 11 is 0. The number of carbonyl (C=O) groups excluding carboxylic acids is 2. The van der Waals surface area contributed by atoms with E-state index in [2.05, 4.69) is 80.7 Å². The van der Waals surface area contributed by atoms with Gasteiger partial charge in [-0.25, -0.2) is 0 Å². The Kier molecular flexibility index (Phi) is 38.2. The molecule has 2 heterocycles. The fourth-order valence-electron chi connectivity index (χ4n) is 7.93. The minimum atomic E-state index is -1.78. The molecule has 71 heavy (non-hydrogen) atoms. The number of unbranched alkanes of at least 4 members (excludes halogenated alkanes) is 15. The molecule has 0 radical (unpaired) electrons. The van der Waals surface area contributed by atoms with Gasteiger partial charge in [0.1, 0.15) is 55.4 Å². The summed E-state index contributed by atoms with van der Waals surface area (Å²) in [4.78, 5) is 25.8. The van der Waals surface area contributed by atoms with Crippen LogP contribution in [0.3, 0.4) is 0 Å². The molecule has 0 saturated carbocycles. The highest BCUT2D eigenvalue weighted by Gasteiger charge is 2.47. The second-order valence-corrected chi connectivity index (χ2v) is 18.7. The van der Waals surface area contributed by atoms with E-state index in [1.54, 1.807) is 0 Å². The molecule has 2 fully saturated rings. The fraction of sp³-hybridized carbons (Fsp3) is 0.750. The minimum absolute atomic E-state index is 0.134. The van der Waals surface area contributed by atoms with Crippen LogP contribution >= 0.6 is 0 Å². The van der Waals surface area contributed by atoms with Gasteiger partial charge in [0.05, 0.1) is 19.8 Å². The predicted octanol–water partition coefficient (Wildman–Crippen LogP) is 8.21. The first-order chi connectivity index (χ1) is 34.5. The van der Waals surface area contributed by atoms with E-state index in [4.69, 9.17) is 28.4 Å². The number of rotatable bonds is 41. The number of hydrogen-bond donors (Lipinski definition) is 7. The topological polar surface area (TPSA) is 231 Å². The number of ether oxygens (including phenoxy) is 6. The van der Waals surface area contributed by atoms with Crippen LogP contribution in [-0.2, 0) is 38.0 Å². The summed E-state index contributed by atoms with van der Waals surface area (Å²) in [6, 6.07) is 0. The summed E-state index contributed by atoms with van der Waals surface area (Å²) < 4.78 is 33.5. The third-order valence-electron chi connectivity index (χ3n) is 12.4. The third kappa shape index (κ3) is 30.0. The summed E-state index contributed by atoms with van der Waals surface area (Å²) in [6.07, 6.45) is 33.6. The van der Waals surface area contributed by atoms with Crippen molar-refractivity contribution in [1.82, 2.24) is 0 Å². The van der Waals surface area contributed by atoms with E-state index in [-0.39, 0.29) is 19.4 Å². The lowest BCUT2D eigenvalue weighted by Gasteiger charge is -2.42. The van der Waals surface area contributed by atoms with Crippen LogP contribution in [0.1, 0.15) is 174 Å². The molecule has 0 aromatic carbocycles. The first-order valence-electron chi connectivity index (χ1n) is 27.0. The van der Waals surface area contributed by atoms with E-state index >= 15 is 0 Å². The molecule has 11 atom stereocenters. The number of carbonyl (C=O) groups is 2. The van der Waals surface area contributed by atoms with Crippen LogP contribution in [0.15, 0.2) is 72.9 Å². The summed E-state index contributed by atoms with van der Waals surface area (Å²) in [5.74, 6) is -1.01. The summed E-state index contributed by atoms with van der Waals surface area (Å²) in [6.45, 7) is 2.46. The van der Waals surface area contributed by atoms with Crippen molar-refractivity contribution in [2.24, 2.45) is 0 Å². The number of allylic oxidation sites excluding steroid dienone is 12. The molecular formula is C56H94O15. The summed E-state index contributed by atoms with van der Waals surface area (Å²) in [7, 11) is 0. The van der Waals surface area contributed by atoms with E-state index in [1.165, 1.54) is 57.8 Å². The van der Waals surface area contributed by atoms with Crippen LogP contribution in [-0.4, -0.2) is 142 Å². The number of aliphatic hydroxyl groups is 7. The van der Waals surface area contributed by atoms with E-state index in [0.717, 1.165) is 70.6 Å². The lowest BCUT2D eigenvalue weighted by molar-refractivity contribution is -0.332. The van der Waals surface area contributed by atoms with Gasteiger partial charge in [-0.05, 0) is 77.0 Å². The summed E-state index contributed by atoms with van der Waals surface area (Å²) in [5.41, 5.74) is 0. The van der Waals surface area contributed by atoms with Crippen LogP contribution < -0.4 is 0 Å². The quantitative estimate of drug-likeness (QED) is 0.0174. The monoisotopic (exact) mass is 1010 g/mol. The zero-order valence-corrected chi connectivity index (χ0v) is 43.2. The molecule has 2 rings (SSSR count). The van der Waals surface area contributed by atoms with Crippen molar-refractivity contribution in [2.45, 2.75) is 242 Å². The maximum atomic E-state index is 13.0. The van der Waals surface area contributed by atoms with Crippen molar-refractivity contribution in [3.8, 4) is 0 Å². The van der Waals surface area contributed by atoms with Gasteiger partial charge in [0, 0.05) is 12.8 Å². The lowest BCUT2D eigenvalue weighted by atomic mass is 9.98. The Morgan fingerprint density at radius 2 is 0.873 bits per heavy atom. The Balaban J connectivity index is 1.81. The molecule has 15 heteroatoms. The van der Waals surface area contributed by atoms with Gasteiger partial charge in [0.2, 0.25) is 0 Å². The molecule has 2 saturated heterocycles. The van der Waals surface area contributed by atoms with Crippen LogP contribution in [0, 0.1) is 0 Å². The highest BCUT2D eigenvalue weighted by atomic mass is 16.7. The fourth-order valence-corrected chi connectivity index (χ4v) is 7.93. The third-order valence-corrected chi connectivity index (χ3v) is 12.4. The molecule has 2 aliphatic rings. The van der Waals surface area contributed by atoms with Crippen molar-refractivity contribution < 1.29 is 73.8 Å². The Bertz CT molecular complexity index is 1510. The average molecular weight is 1010 g/mol. The standard InChI is InChI=1S/C56H94O15/c1-3-5-7-9-11-13-15-17-19-20-21-22-23-24-25-27-28-30-32-34-36-38-47(58)66-41-44(69-48(59)39-37-35-33-31-29-26-18-16-14-12-10-8-6-4-2)42-67-55-54(65)52(63)50(61)46(71-55)43-68-56-53(64)51(62)49(60)45(40-57)70-56/h10,12,16,18-20,22-23,25,27,30,32,44-46,49-57,60-65H,3-9,11,13-15,17,21,24,26,28-29,31,33-43H2,1-2H3/b12-10+,18-16+,20-19+,23-22+,27-25+,32-30+/t44-,45+,46+,49-,50-,51?,52?,53?,54?,55+,56+/m0/s1. The molecule has 408 valence electrons. The maximum absolute atomic E-state index is 13.0. The molecule has 15 nitrogen and oxygen atoms in total. The van der Waals surface area contributed by atoms with Gasteiger partial charge in [-0.15, -0.1) is 0 Å². The van der Waals surface area contributed by atoms with Gasteiger partial charge < -0.3 is 64.2 Å². The maximum Gasteiger partial charge on any atom is 0.306 e. The normalized spacial score (nSPS) is 25.8. The zero-order chi connectivity index (χ0) is 51.7. The van der Waals surface area contributed by atoms with Gasteiger partial charge in [0.15, 0.2) is 18.7 Å². The largest absolute Gasteiger partial charge is 0.462 e. The van der Waals surface area contributed by atoms with E-state index in [0.29, 0.717) is 19.3 Å². The smallest absolute Gasteiger partial charge is 0.306 e. The SMILES string of the molecule is CCCC/C=C/C/C=C/CCCCCCCC(=O)O[C@@H](COC(=O)CCC/C=C/C/C=C/C/C=C/C/C=C/CCCCCCCCC)CO[C@@H]1O[C@H](CO[C@@H]2O[C@H](CO)[C@H](O)C(O)C2O)[C@H](O)C(O)C1O. The second kappa shape index (κ2) is 42.3. The van der Waals surface area contributed by atoms with Crippen LogP contribution in [0.2, 0.25) is 0 Å². The molecule has 0 amide bonds. The van der Waals surface area contributed by atoms with Crippen LogP contribution in [0.5, 0.6) is 0 Å². The van der Waals surface area contributed by atoms with Crippen molar-refractivity contribution in [2.75, 3.05) is 26.4 Å². The molecule has 2 aliphatic heterocycles. The molecule has 0 aromatic rings. The molecule has 7 N–H and O–H groups in total. The van der Waals surface area contributed by atoms with Crippen molar-refractivity contribution in [3.63, 3.8) is 0 Å². The number of aliphatic hydroxyl groups excluding tert-OH is 7. The molecular weight excluding hydrogens is 913 g/mol. The average Bonchev–Trinajstić information content (AvgIpc) is 3.36. The molecule has 0 spiro atoms. The van der Waals surface area contributed by atoms with Gasteiger partial charge in [-0.2, -0.15) is 0 Å².